The number of benzene rings is 1. The molecular formula is C17H18N6OS2. The Kier molecular flexibility index (Phi) is 4.73. The molecule has 9 heteroatoms. The van der Waals surface area contributed by atoms with Crippen LogP contribution in [-0.2, 0) is 10.5 Å². The van der Waals surface area contributed by atoms with Crippen LogP contribution in [0.1, 0.15) is 37.1 Å². The van der Waals surface area contributed by atoms with Crippen molar-refractivity contribution in [2.24, 2.45) is 0 Å². The standard InChI is InChI=1S/C17H18N6OS2/c1-11-4-3-5-15(8-11)22(12(2)24)16-18-13(9-25-16)10-26-17-19-20-21-23(17)14-6-7-14/h3-5,8-9,14H,6-7,10H2,1-2H3. The molecule has 134 valence electrons. The van der Waals surface area contributed by atoms with Crippen LogP contribution >= 0.6 is 23.1 Å². The molecule has 0 aliphatic heterocycles. The lowest BCUT2D eigenvalue weighted by Gasteiger charge is -2.18. The van der Waals surface area contributed by atoms with Crippen LogP contribution in [0.2, 0.25) is 0 Å². The molecule has 0 bridgehead atoms. The second kappa shape index (κ2) is 7.16. The van der Waals surface area contributed by atoms with E-state index in [1.807, 2.05) is 41.3 Å². The number of anilines is 2. The monoisotopic (exact) mass is 386 g/mol. The van der Waals surface area contributed by atoms with Gasteiger partial charge in [0.15, 0.2) is 5.13 Å². The average Bonchev–Trinajstić information content (AvgIpc) is 3.16. The number of aryl methyl sites for hydroxylation is 1. The zero-order valence-corrected chi connectivity index (χ0v) is 16.1. The fraction of sp³-hybridized carbons (Fsp3) is 0.353. The first kappa shape index (κ1) is 17.2. The number of carbonyl (C=O) groups is 1. The molecular weight excluding hydrogens is 368 g/mol. The largest absolute Gasteiger partial charge is 0.274 e. The number of carbonyl (C=O) groups excluding carboxylic acids is 1. The first-order valence-corrected chi connectivity index (χ1v) is 10.2. The van der Waals surface area contributed by atoms with Crippen LogP contribution in [0.4, 0.5) is 10.8 Å². The fourth-order valence-electron chi connectivity index (χ4n) is 2.63. The van der Waals surface area contributed by atoms with Crippen LogP contribution in [0.3, 0.4) is 0 Å². The zero-order chi connectivity index (χ0) is 18.1. The molecule has 0 atom stereocenters. The number of hydrogen-bond acceptors (Lipinski definition) is 7. The third-order valence-electron chi connectivity index (χ3n) is 4.01. The van der Waals surface area contributed by atoms with Crippen molar-refractivity contribution in [1.29, 1.82) is 0 Å². The molecule has 2 aromatic heterocycles. The maximum Gasteiger partial charge on any atom is 0.230 e. The number of aromatic nitrogens is 5. The van der Waals surface area contributed by atoms with Crippen LogP contribution in [0, 0.1) is 6.92 Å². The van der Waals surface area contributed by atoms with Crippen LogP contribution in [0.5, 0.6) is 0 Å². The van der Waals surface area contributed by atoms with Crippen molar-refractivity contribution >= 4 is 39.8 Å². The van der Waals surface area contributed by atoms with Gasteiger partial charge in [0.05, 0.1) is 17.4 Å². The molecule has 1 amide bonds. The lowest BCUT2D eigenvalue weighted by atomic mass is 10.2. The lowest BCUT2D eigenvalue weighted by Crippen LogP contribution is -2.22. The summed E-state index contributed by atoms with van der Waals surface area (Å²) >= 11 is 3.04. The van der Waals surface area contributed by atoms with Crippen molar-refractivity contribution in [2.75, 3.05) is 4.90 Å². The number of thioether (sulfide) groups is 1. The van der Waals surface area contributed by atoms with Gasteiger partial charge < -0.3 is 0 Å². The summed E-state index contributed by atoms with van der Waals surface area (Å²) < 4.78 is 1.90. The number of tetrazole rings is 1. The Labute approximate surface area is 159 Å². The van der Waals surface area contributed by atoms with Gasteiger partial charge in [-0.25, -0.2) is 9.67 Å². The molecule has 0 saturated heterocycles. The van der Waals surface area contributed by atoms with Crippen molar-refractivity contribution in [2.45, 2.75) is 43.6 Å². The molecule has 2 heterocycles. The molecule has 0 spiro atoms. The van der Waals surface area contributed by atoms with Crippen LogP contribution in [0.15, 0.2) is 34.8 Å². The average molecular weight is 387 g/mol. The maximum atomic E-state index is 12.2. The van der Waals surface area contributed by atoms with E-state index in [1.165, 1.54) is 11.3 Å². The summed E-state index contributed by atoms with van der Waals surface area (Å²) in [6, 6.07) is 8.32. The minimum atomic E-state index is -0.0539. The van der Waals surface area contributed by atoms with Gasteiger partial charge in [-0.15, -0.1) is 16.4 Å². The molecule has 26 heavy (non-hydrogen) atoms. The van der Waals surface area contributed by atoms with E-state index in [1.54, 1.807) is 23.6 Å². The van der Waals surface area contributed by atoms with Crippen LogP contribution < -0.4 is 4.90 Å². The van der Waals surface area contributed by atoms with E-state index < -0.39 is 0 Å². The van der Waals surface area contributed by atoms with Gasteiger partial charge >= 0.3 is 0 Å². The smallest absolute Gasteiger partial charge is 0.230 e. The molecule has 1 saturated carbocycles. The molecule has 0 unspecified atom stereocenters. The summed E-state index contributed by atoms with van der Waals surface area (Å²) in [5.41, 5.74) is 2.86. The first-order chi connectivity index (χ1) is 12.6. The van der Waals surface area contributed by atoms with E-state index in [0.29, 0.717) is 16.9 Å². The highest BCUT2D eigenvalue weighted by Gasteiger charge is 2.28. The molecule has 1 aromatic carbocycles. The zero-order valence-electron chi connectivity index (χ0n) is 14.5. The van der Waals surface area contributed by atoms with Crippen LogP contribution in [-0.4, -0.2) is 31.1 Å². The van der Waals surface area contributed by atoms with Crippen molar-refractivity contribution in [3.8, 4) is 0 Å². The molecule has 7 nitrogen and oxygen atoms in total. The Bertz CT molecular complexity index is 933. The van der Waals surface area contributed by atoms with Gasteiger partial charge in [0.2, 0.25) is 11.1 Å². The summed E-state index contributed by atoms with van der Waals surface area (Å²) in [6.45, 7) is 3.57. The molecule has 1 aliphatic carbocycles. The van der Waals surface area contributed by atoms with Gasteiger partial charge in [-0.1, -0.05) is 23.9 Å². The highest BCUT2D eigenvalue weighted by molar-refractivity contribution is 7.98. The molecule has 3 aromatic rings. The van der Waals surface area contributed by atoms with Crippen molar-refractivity contribution in [1.82, 2.24) is 25.2 Å². The minimum Gasteiger partial charge on any atom is -0.274 e. The topological polar surface area (TPSA) is 76.8 Å². The number of hydrogen-bond donors (Lipinski definition) is 0. The van der Waals surface area contributed by atoms with Gasteiger partial charge in [0.1, 0.15) is 0 Å². The van der Waals surface area contributed by atoms with Crippen molar-refractivity contribution in [3.05, 3.63) is 40.9 Å². The summed E-state index contributed by atoms with van der Waals surface area (Å²) in [5, 5.41) is 15.4. The second-order valence-corrected chi connectivity index (χ2v) is 8.02. The van der Waals surface area contributed by atoms with Crippen molar-refractivity contribution < 1.29 is 4.79 Å². The highest BCUT2D eigenvalue weighted by Crippen LogP contribution is 2.37. The van der Waals surface area contributed by atoms with E-state index >= 15 is 0 Å². The first-order valence-electron chi connectivity index (χ1n) is 8.34. The lowest BCUT2D eigenvalue weighted by molar-refractivity contribution is -0.115. The molecule has 1 fully saturated rings. The molecule has 0 N–H and O–H groups in total. The Hall–Kier alpha value is -2.26. The van der Waals surface area contributed by atoms with Crippen LogP contribution in [0.25, 0.3) is 0 Å². The predicted octanol–water partition coefficient (Wildman–Crippen LogP) is 3.75. The van der Waals surface area contributed by atoms with Crippen molar-refractivity contribution in [3.63, 3.8) is 0 Å². The number of nitrogens with zero attached hydrogens (tertiary/aromatic N) is 6. The normalized spacial score (nSPS) is 13.8. The number of thiazole rings is 1. The summed E-state index contributed by atoms with van der Waals surface area (Å²) in [5.74, 6) is 0.616. The van der Waals surface area contributed by atoms with E-state index in [4.69, 9.17) is 0 Å². The highest BCUT2D eigenvalue weighted by atomic mass is 32.2. The molecule has 1 aliphatic rings. The molecule has 0 radical (unpaired) electrons. The Morgan fingerprint density at radius 2 is 2.27 bits per heavy atom. The third-order valence-corrected chi connectivity index (χ3v) is 5.85. The van der Waals surface area contributed by atoms with E-state index in [2.05, 4.69) is 20.5 Å². The van der Waals surface area contributed by atoms with E-state index in [9.17, 15) is 4.79 Å². The quantitative estimate of drug-likeness (QED) is 0.601. The summed E-state index contributed by atoms with van der Waals surface area (Å²) in [6.07, 6.45) is 2.28. The Morgan fingerprint density at radius 3 is 3.00 bits per heavy atom. The van der Waals surface area contributed by atoms with Gasteiger partial charge in [-0.3, -0.25) is 9.69 Å². The Morgan fingerprint density at radius 1 is 1.42 bits per heavy atom. The molecule has 4 rings (SSSR count). The predicted molar refractivity (Wildman–Crippen MR) is 102 cm³/mol. The number of rotatable bonds is 6. The van der Waals surface area contributed by atoms with Gasteiger partial charge in [-0.2, -0.15) is 0 Å². The van der Waals surface area contributed by atoms with Gasteiger partial charge in [-0.05, 0) is 47.9 Å². The minimum absolute atomic E-state index is 0.0539. The number of amides is 1. The van der Waals surface area contributed by atoms with Gasteiger partial charge in [0, 0.05) is 18.1 Å². The fourth-order valence-corrected chi connectivity index (χ4v) is 4.46. The van der Waals surface area contributed by atoms with E-state index in [0.717, 1.165) is 34.9 Å². The summed E-state index contributed by atoms with van der Waals surface area (Å²) in [4.78, 5) is 18.5. The second-order valence-electron chi connectivity index (χ2n) is 6.24. The maximum absolute atomic E-state index is 12.2. The SMILES string of the molecule is CC(=O)N(c1cccc(C)c1)c1nc(CSc2nnnn2C2CC2)cs1. The third kappa shape index (κ3) is 3.63. The summed E-state index contributed by atoms with van der Waals surface area (Å²) in [7, 11) is 0. The van der Waals surface area contributed by atoms with E-state index in [-0.39, 0.29) is 5.91 Å². The Balaban J connectivity index is 1.50. The van der Waals surface area contributed by atoms with Gasteiger partial charge in [0.25, 0.3) is 0 Å².